The van der Waals surface area contributed by atoms with E-state index in [4.69, 9.17) is 5.10 Å². The highest BCUT2D eigenvalue weighted by molar-refractivity contribution is 5.34. The Labute approximate surface area is 181 Å². The molecule has 0 bridgehead atoms. The molecule has 2 aromatic heterocycles. The number of hydrogen-bond donors (Lipinski definition) is 0. The van der Waals surface area contributed by atoms with Gasteiger partial charge in [-0.25, -0.2) is 9.07 Å². The Morgan fingerprint density at radius 3 is 2.55 bits per heavy atom. The van der Waals surface area contributed by atoms with E-state index in [0.717, 1.165) is 42.4 Å². The van der Waals surface area contributed by atoms with Crippen LogP contribution in [0.2, 0.25) is 0 Å². The van der Waals surface area contributed by atoms with Gasteiger partial charge >= 0.3 is 0 Å². The second kappa shape index (κ2) is 8.07. The summed E-state index contributed by atoms with van der Waals surface area (Å²) < 4.78 is 17.6. The van der Waals surface area contributed by atoms with Crippen molar-refractivity contribution in [2.75, 3.05) is 6.54 Å². The molecule has 5 rings (SSSR count). The topological polar surface area (TPSA) is 51.8 Å². The van der Waals surface area contributed by atoms with E-state index in [1.54, 1.807) is 6.33 Å². The molecule has 1 atom stereocenters. The average molecular weight is 417 g/mol. The zero-order chi connectivity index (χ0) is 21.4. The number of aromatic nitrogens is 5. The second-order valence-corrected chi connectivity index (χ2v) is 8.28. The van der Waals surface area contributed by atoms with Crippen LogP contribution in [0.5, 0.6) is 0 Å². The third-order valence-electron chi connectivity index (χ3n) is 5.83. The van der Waals surface area contributed by atoms with Gasteiger partial charge < -0.3 is 4.57 Å². The van der Waals surface area contributed by atoms with Crippen LogP contribution in [0.1, 0.15) is 48.5 Å². The number of benzene rings is 2. The van der Waals surface area contributed by atoms with E-state index in [9.17, 15) is 4.39 Å². The molecular weight excluding hydrogens is 391 g/mol. The average Bonchev–Trinajstić information content (AvgIpc) is 3.42. The molecular formula is C24H25FN6. The van der Waals surface area contributed by atoms with Crippen molar-refractivity contribution in [1.82, 2.24) is 29.4 Å². The van der Waals surface area contributed by atoms with E-state index in [1.165, 1.54) is 17.7 Å². The van der Waals surface area contributed by atoms with E-state index in [-0.39, 0.29) is 11.9 Å². The number of halogens is 1. The summed E-state index contributed by atoms with van der Waals surface area (Å²) in [5.41, 5.74) is 4.34. The number of para-hydroxylation sites is 1. The van der Waals surface area contributed by atoms with E-state index in [1.807, 2.05) is 35.0 Å². The van der Waals surface area contributed by atoms with Gasteiger partial charge in [0.25, 0.3) is 0 Å². The standard InChI is InChI=1S/C24H25FN6/c1-17(2)22-19(15-31(28-22)21-6-4-3-5-7-21)14-29-12-13-30-16-26-27-24(30)23(29)18-8-10-20(25)11-9-18/h3-11,15-17,23H,12-14H2,1-2H3. The zero-order valence-electron chi connectivity index (χ0n) is 17.7. The quantitative estimate of drug-likeness (QED) is 0.486. The predicted molar refractivity (Wildman–Crippen MR) is 116 cm³/mol. The Balaban J connectivity index is 1.52. The van der Waals surface area contributed by atoms with Gasteiger partial charge in [-0.15, -0.1) is 10.2 Å². The van der Waals surface area contributed by atoms with Crippen molar-refractivity contribution < 1.29 is 4.39 Å². The molecule has 0 spiro atoms. The molecule has 1 unspecified atom stereocenters. The SMILES string of the molecule is CC(C)c1nn(-c2ccccc2)cc1CN1CCn2cnnc2C1c1ccc(F)cc1. The lowest BCUT2D eigenvalue weighted by Crippen LogP contribution is -2.38. The van der Waals surface area contributed by atoms with E-state index >= 15 is 0 Å². The van der Waals surface area contributed by atoms with Gasteiger partial charge in [0, 0.05) is 31.4 Å². The summed E-state index contributed by atoms with van der Waals surface area (Å²) in [6.45, 7) is 6.75. The van der Waals surface area contributed by atoms with Crippen LogP contribution < -0.4 is 0 Å². The summed E-state index contributed by atoms with van der Waals surface area (Å²) in [7, 11) is 0. The molecule has 6 nitrogen and oxygen atoms in total. The second-order valence-electron chi connectivity index (χ2n) is 8.28. The van der Waals surface area contributed by atoms with Gasteiger partial charge in [0.1, 0.15) is 12.1 Å². The fraction of sp³-hybridized carbons (Fsp3) is 0.292. The third-order valence-corrected chi connectivity index (χ3v) is 5.83. The minimum absolute atomic E-state index is 0.0862. The maximum absolute atomic E-state index is 13.6. The van der Waals surface area contributed by atoms with Gasteiger partial charge in [0.2, 0.25) is 0 Å². The summed E-state index contributed by atoms with van der Waals surface area (Å²) in [6.07, 6.45) is 3.90. The Bertz CT molecular complexity index is 1160. The molecule has 0 saturated heterocycles. The zero-order valence-corrected chi connectivity index (χ0v) is 17.7. The van der Waals surface area contributed by atoms with Crippen molar-refractivity contribution in [3.63, 3.8) is 0 Å². The smallest absolute Gasteiger partial charge is 0.154 e. The highest BCUT2D eigenvalue weighted by Crippen LogP contribution is 2.33. The van der Waals surface area contributed by atoms with Crippen LogP contribution in [0.15, 0.2) is 67.1 Å². The Morgan fingerprint density at radius 2 is 1.81 bits per heavy atom. The maximum Gasteiger partial charge on any atom is 0.154 e. The molecule has 31 heavy (non-hydrogen) atoms. The number of hydrogen-bond acceptors (Lipinski definition) is 4. The number of fused-ring (bicyclic) bond motifs is 1. The molecule has 0 amide bonds. The minimum atomic E-state index is -0.237. The van der Waals surface area contributed by atoms with Crippen LogP contribution in [-0.2, 0) is 13.1 Å². The Hall–Kier alpha value is -3.32. The van der Waals surface area contributed by atoms with Gasteiger partial charge in [-0.3, -0.25) is 4.90 Å². The van der Waals surface area contributed by atoms with Crippen molar-refractivity contribution in [2.45, 2.75) is 38.9 Å². The molecule has 0 N–H and O–H groups in total. The van der Waals surface area contributed by atoms with Gasteiger partial charge in [-0.05, 0) is 35.7 Å². The van der Waals surface area contributed by atoms with Crippen LogP contribution in [0.25, 0.3) is 5.69 Å². The fourth-order valence-corrected chi connectivity index (χ4v) is 4.31. The molecule has 3 heterocycles. The van der Waals surface area contributed by atoms with E-state index in [0.29, 0.717) is 5.92 Å². The summed E-state index contributed by atoms with van der Waals surface area (Å²) in [5, 5.41) is 13.4. The molecule has 2 aromatic carbocycles. The van der Waals surface area contributed by atoms with E-state index in [2.05, 4.69) is 51.8 Å². The normalized spacial score (nSPS) is 16.6. The lowest BCUT2D eigenvalue weighted by atomic mass is 10.0. The van der Waals surface area contributed by atoms with Gasteiger partial charge in [0.05, 0.1) is 17.4 Å². The Kier molecular flexibility index (Phi) is 5.11. The van der Waals surface area contributed by atoms with Crippen molar-refractivity contribution in [3.8, 4) is 5.69 Å². The van der Waals surface area contributed by atoms with Crippen LogP contribution in [0.3, 0.4) is 0 Å². The predicted octanol–water partition coefficient (Wildman–Crippen LogP) is 4.33. The van der Waals surface area contributed by atoms with Crippen LogP contribution in [0, 0.1) is 5.82 Å². The van der Waals surface area contributed by atoms with Gasteiger partial charge in [-0.2, -0.15) is 5.10 Å². The third kappa shape index (κ3) is 3.77. The number of nitrogens with zero attached hydrogens (tertiary/aromatic N) is 6. The Morgan fingerprint density at radius 1 is 1.03 bits per heavy atom. The minimum Gasteiger partial charge on any atom is -0.315 e. The molecule has 1 aliphatic heterocycles. The highest BCUT2D eigenvalue weighted by Gasteiger charge is 2.32. The monoisotopic (exact) mass is 416 g/mol. The van der Waals surface area contributed by atoms with Crippen molar-refractivity contribution in [2.24, 2.45) is 0 Å². The summed E-state index contributed by atoms with van der Waals surface area (Å²) >= 11 is 0. The van der Waals surface area contributed by atoms with Gasteiger partial charge in [-0.1, -0.05) is 44.2 Å². The molecule has 158 valence electrons. The molecule has 0 aliphatic carbocycles. The lowest BCUT2D eigenvalue weighted by molar-refractivity contribution is 0.169. The van der Waals surface area contributed by atoms with Crippen LogP contribution in [0.4, 0.5) is 4.39 Å². The van der Waals surface area contributed by atoms with Crippen molar-refractivity contribution in [1.29, 1.82) is 0 Å². The summed E-state index contributed by atoms with van der Waals surface area (Å²) in [6, 6.07) is 16.8. The summed E-state index contributed by atoms with van der Waals surface area (Å²) in [4.78, 5) is 2.38. The molecule has 7 heteroatoms. The molecule has 0 fully saturated rings. The van der Waals surface area contributed by atoms with E-state index < -0.39 is 0 Å². The summed E-state index contributed by atoms with van der Waals surface area (Å²) in [5.74, 6) is 0.955. The largest absolute Gasteiger partial charge is 0.315 e. The first-order chi connectivity index (χ1) is 15.1. The van der Waals surface area contributed by atoms with Gasteiger partial charge in [0.15, 0.2) is 5.82 Å². The molecule has 0 saturated carbocycles. The molecule has 0 radical (unpaired) electrons. The first-order valence-corrected chi connectivity index (χ1v) is 10.6. The lowest BCUT2D eigenvalue weighted by Gasteiger charge is -2.35. The van der Waals surface area contributed by atoms with Crippen LogP contribution in [-0.4, -0.2) is 36.0 Å². The molecule has 1 aliphatic rings. The van der Waals surface area contributed by atoms with Crippen molar-refractivity contribution in [3.05, 3.63) is 95.6 Å². The fourth-order valence-electron chi connectivity index (χ4n) is 4.31. The molecule has 4 aromatic rings. The van der Waals surface area contributed by atoms with Crippen LogP contribution >= 0.6 is 0 Å². The van der Waals surface area contributed by atoms with Crippen molar-refractivity contribution >= 4 is 0 Å². The first-order valence-electron chi connectivity index (χ1n) is 10.6. The highest BCUT2D eigenvalue weighted by atomic mass is 19.1. The maximum atomic E-state index is 13.6. The first kappa shape index (κ1) is 19.6. The number of rotatable bonds is 5.